The molecule has 3 nitrogen and oxygen atoms in total. The summed E-state index contributed by atoms with van der Waals surface area (Å²) in [5, 5.41) is 6.23. The van der Waals surface area contributed by atoms with Crippen molar-refractivity contribution in [3.05, 3.63) is 35.4 Å². The van der Waals surface area contributed by atoms with Gasteiger partial charge in [0.15, 0.2) is 5.96 Å². The molecule has 23 heavy (non-hydrogen) atoms. The van der Waals surface area contributed by atoms with Gasteiger partial charge in [0.25, 0.3) is 0 Å². The first-order valence-corrected chi connectivity index (χ1v) is 7.37. The third-order valence-electron chi connectivity index (χ3n) is 3.35. The van der Waals surface area contributed by atoms with Gasteiger partial charge in [-0.3, -0.25) is 4.99 Å². The van der Waals surface area contributed by atoms with Crippen molar-refractivity contribution in [3.8, 4) is 11.8 Å². The van der Waals surface area contributed by atoms with Crippen LogP contribution in [0.3, 0.4) is 0 Å². The van der Waals surface area contributed by atoms with Crippen molar-refractivity contribution < 1.29 is 13.2 Å². The fraction of sp³-hybridized carbons (Fsp3) is 0.471. The summed E-state index contributed by atoms with van der Waals surface area (Å²) in [6, 6.07) is 5.22. The zero-order valence-electron chi connectivity index (χ0n) is 13.8. The van der Waals surface area contributed by atoms with Crippen LogP contribution in [0.4, 0.5) is 13.2 Å². The molecular weight excluding hydrogens is 303 g/mol. The van der Waals surface area contributed by atoms with Crippen LogP contribution < -0.4 is 10.6 Å². The molecule has 0 aliphatic carbocycles. The van der Waals surface area contributed by atoms with Crippen LogP contribution in [0.1, 0.15) is 31.9 Å². The number of hydrogen-bond acceptors (Lipinski definition) is 1. The highest BCUT2D eigenvalue weighted by atomic mass is 19.4. The normalized spacial score (nSPS) is 13.3. The number of halogens is 3. The lowest BCUT2D eigenvalue weighted by atomic mass is 10.1. The SMILES string of the molecule is CN=C(NCC#Cc1cccc(C(F)(F)F)c1)NC(C)C(C)C. The molecule has 0 bridgehead atoms. The Morgan fingerprint density at radius 3 is 2.52 bits per heavy atom. The van der Waals surface area contributed by atoms with E-state index in [9.17, 15) is 13.2 Å². The molecule has 0 fully saturated rings. The fourth-order valence-corrected chi connectivity index (χ4v) is 1.62. The Labute approximate surface area is 135 Å². The number of hydrogen-bond donors (Lipinski definition) is 2. The second-order valence-corrected chi connectivity index (χ2v) is 5.48. The Kier molecular flexibility index (Phi) is 6.95. The average Bonchev–Trinajstić information content (AvgIpc) is 2.49. The number of rotatable bonds is 3. The van der Waals surface area contributed by atoms with Gasteiger partial charge in [0.1, 0.15) is 0 Å². The largest absolute Gasteiger partial charge is 0.416 e. The molecule has 0 aliphatic heterocycles. The molecule has 0 aliphatic rings. The van der Waals surface area contributed by atoms with Gasteiger partial charge in [0, 0.05) is 18.7 Å². The van der Waals surface area contributed by atoms with Crippen LogP contribution in [0.25, 0.3) is 0 Å². The molecule has 1 unspecified atom stereocenters. The second kappa shape index (κ2) is 8.47. The Balaban J connectivity index is 2.61. The van der Waals surface area contributed by atoms with Crippen LogP contribution in [0.5, 0.6) is 0 Å². The van der Waals surface area contributed by atoms with Crippen molar-refractivity contribution in [2.45, 2.75) is 33.0 Å². The van der Waals surface area contributed by atoms with Crippen LogP contribution in [-0.2, 0) is 6.18 Å². The molecule has 0 aromatic heterocycles. The van der Waals surface area contributed by atoms with Gasteiger partial charge in [0.2, 0.25) is 0 Å². The maximum atomic E-state index is 12.6. The molecule has 1 aromatic rings. The molecule has 1 rings (SSSR count). The van der Waals surface area contributed by atoms with Crippen LogP contribution in [0, 0.1) is 17.8 Å². The summed E-state index contributed by atoms with van der Waals surface area (Å²) in [5.74, 6) is 6.58. The Morgan fingerprint density at radius 1 is 1.26 bits per heavy atom. The summed E-state index contributed by atoms with van der Waals surface area (Å²) in [5.41, 5.74) is -0.361. The van der Waals surface area contributed by atoms with Crippen molar-refractivity contribution in [3.63, 3.8) is 0 Å². The van der Waals surface area contributed by atoms with E-state index < -0.39 is 11.7 Å². The lowest BCUT2D eigenvalue weighted by Gasteiger charge is -2.19. The first-order chi connectivity index (χ1) is 10.7. The molecule has 126 valence electrons. The highest BCUT2D eigenvalue weighted by Crippen LogP contribution is 2.29. The minimum atomic E-state index is -4.35. The van der Waals surface area contributed by atoms with E-state index in [0.29, 0.717) is 24.0 Å². The van der Waals surface area contributed by atoms with Crippen LogP contribution in [-0.4, -0.2) is 25.6 Å². The monoisotopic (exact) mass is 325 g/mol. The van der Waals surface area contributed by atoms with Gasteiger partial charge in [-0.2, -0.15) is 13.2 Å². The van der Waals surface area contributed by atoms with Gasteiger partial charge in [-0.15, -0.1) is 0 Å². The molecule has 1 aromatic carbocycles. The number of nitrogens with one attached hydrogen (secondary N) is 2. The maximum Gasteiger partial charge on any atom is 0.416 e. The molecule has 0 spiro atoms. The Bertz CT molecular complexity index is 595. The lowest BCUT2D eigenvalue weighted by molar-refractivity contribution is -0.137. The van der Waals surface area contributed by atoms with E-state index in [1.165, 1.54) is 6.07 Å². The minimum Gasteiger partial charge on any atom is -0.354 e. The van der Waals surface area contributed by atoms with Crippen molar-refractivity contribution >= 4 is 5.96 Å². The van der Waals surface area contributed by atoms with E-state index in [0.717, 1.165) is 12.1 Å². The molecular formula is C17H22F3N3. The Morgan fingerprint density at radius 2 is 1.96 bits per heavy atom. The van der Waals surface area contributed by atoms with Gasteiger partial charge in [0.05, 0.1) is 12.1 Å². The first-order valence-electron chi connectivity index (χ1n) is 7.37. The van der Waals surface area contributed by atoms with Gasteiger partial charge in [-0.05, 0) is 31.0 Å². The van der Waals surface area contributed by atoms with Crippen LogP contribution in [0.2, 0.25) is 0 Å². The predicted molar refractivity (Wildman–Crippen MR) is 87.1 cm³/mol. The van der Waals surface area contributed by atoms with Gasteiger partial charge < -0.3 is 10.6 Å². The first kappa shape index (κ1) is 18.9. The highest BCUT2D eigenvalue weighted by molar-refractivity contribution is 5.80. The predicted octanol–water partition coefficient (Wildman–Crippen LogP) is 3.27. The summed E-state index contributed by atoms with van der Waals surface area (Å²) < 4.78 is 37.8. The van der Waals surface area contributed by atoms with E-state index in [1.807, 2.05) is 6.92 Å². The smallest absolute Gasteiger partial charge is 0.354 e. The van der Waals surface area contributed by atoms with E-state index in [4.69, 9.17) is 0 Å². The molecule has 0 saturated carbocycles. The minimum absolute atomic E-state index is 0.248. The zero-order valence-corrected chi connectivity index (χ0v) is 13.8. The second-order valence-electron chi connectivity index (χ2n) is 5.48. The van der Waals surface area contributed by atoms with E-state index in [1.54, 1.807) is 13.1 Å². The molecule has 6 heteroatoms. The van der Waals surface area contributed by atoms with Crippen LogP contribution in [0.15, 0.2) is 29.3 Å². The number of alkyl halides is 3. The summed E-state index contributed by atoms with van der Waals surface area (Å²) in [7, 11) is 1.66. The van der Waals surface area contributed by atoms with Gasteiger partial charge in [-0.25, -0.2) is 0 Å². The molecule has 0 radical (unpaired) electrons. The summed E-state index contributed by atoms with van der Waals surface area (Å²) >= 11 is 0. The van der Waals surface area contributed by atoms with Crippen LogP contribution >= 0.6 is 0 Å². The number of benzene rings is 1. The van der Waals surface area contributed by atoms with Crippen molar-refractivity contribution in [2.24, 2.45) is 10.9 Å². The summed E-state index contributed by atoms with van der Waals surface area (Å²) in [6.07, 6.45) is -4.35. The quantitative estimate of drug-likeness (QED) is 0.508. The van der Waals surface area contributed by atoms with Gasteiger partial charge in [-0.1, -0.05) is 31.8 Å². The summed E-state index contributed by atoms with van der Waals surface area (Å²) in [4.78, 5) is 4.08. The number of nitrogens with zero attached hydrogens (tertiary/aromatic N) is 1. The van der Waals surface area contributed by atoms with Gasteiger partial charge >= 0.3 is 6.18 Å². The molecule has 0 saturated heterocycles. The molecule has 2 N–H and O–H groups in total. The lowest BCUT2D eigenvalue weighted by Crippen LogP contribution is -2.44. The topological polar surface area (TPSA) is 36.4 Å². The standard InChI is InChI=1S/C17H22F3N3/c1-12(2)13(3)23-16(21-4)22-10-6-8-14-7-5-9-15(11-14)17(18,19)20/h5,7,9,11-13H,10H2,1-4H3,(H2,21,22,23). The van der Waals surface area contributed by atoms with E-state index in [-0.39, 0.29) is 6.04 Å². The zero-order chi connectivity index (χ0) is 17.5. The number of guanidine groups is 1. The Hall–Kier alpha value is -2.16. The third kappa shape index (κ3) is 6.64. The van der Waals surface area contributed by atoms with Crippen molar-refractivity contribution in [1.29, 1.82) is 0 Å². The molecule has 0 amide bonds. The van der Waals surface area contributed by atoms with E-state index in [2.05, 4.69) is 41.3 Å². The van der Waals surface area contributed by atoms with Crippen molar-refractivity contribution in [1.82, 2.24) is 10.6 Å². The average molecular weight is 325 g/mol. The summed E-state index contributed by atoms with van der Waals surface area (Å²) in [6.45, 7) is 6.53. The molecule has 1 atom stereocenters. The molecule has 0 heterocycles. The van der Waals surface area contributed by atoms with E-state index >= 15 is 0 Å². The highest BCUT2D eigenvalue weighted by Gasteiger charge is 2.30. The fourth-order valence-electron chi connectivity index (χ4n) is 1.62. The third-order valence-corrected chi connectivity index (χ3v) is 3.35. The number of aliphatic imine (C=N–C) groups is 1. The van der Waals surface area contributed by atoms with Crippen molar-refractivity contribution in [2.75, 3.05) is 13.6 Å². The maximum absolute atomic E-state index is 12.6.